The summed E-state index contributed by atoms with van der Waals surface area (Å²) >= 11 is 0. The molecule has 0 saturated heterocycles. The normalized spacial score (nSPS) is 14.8. The van der Waals surface area contributed by atoms with E-state index in [1.54, 1.807) is 0 Å². The van der Waals surface area contributed by atoms with Crippen molar-refractivity contribution in [2.24, 2.45) is 0 Å². The van der Waals surface area contributed by atoms with Crippen LogP contribution in [0.1, 0.15) is 5.56 Å². The van der Waals surface area contributed by atoms with E-state index >= 15 is 0 Å². The fourth-order valence-corrected chi connectivity index (χ4v) is 2.45. The van der Waals surface area contributed by atoms with Gasteiger partial charge < -0.3 is 4.89 Å². The van der Waals surface area contributed by atoms with Crippen molar-refractivity contribution in [3.63, 3.8) is 0 Å². The van der Waals surface area contributed by atoms with Crippen molar-refractivity contribution in [2.75, 3.05) is 6.16 Å². The zero-order chi connectivity index (χ0) is 9.73. The van der Waals surface area contributed by atoms with Crippen molar-refractivity contribution >= 4 is 7.37 Å². The second kappa shape index (κ2) is 4.40. The van der Waals surface area contributed by atoms with E-state index in [9.17, 15) is 9.46 Å². The molecule has 13 heavy (non-hydrogen) atoms. The molecule has 1 aromatic rings. The summed E-state index contributed by atoms with van der Waals surface area (Å²) in [5.41, 5.74) is 0.898. The van der Waals surface area contributed by atoms with Crippen molar-refractivity contribution in [1.82, 2.24) is 0 Å². The van der Waals surface area contributed by atoms with Gasteiger partial charge in [-0.05, 0) is 5.56 Å². The molecule has 0 aliphatic heterocycles. The van der Waals surface area contributed by atoms with Gasteiger partial charge in [-0.3, -0.25) is 4.57 Å². The van der Waals surface area contributed by atoms with E-state index in [4.69, 9.17) is 0 Å². The smallest absolute Gasteiger partial charge is 0.208 e. The summed E-state index contributed by atoms with van der Waals surface area (Å²) in [6.45, 7) is 3.46. The molecule has 0 aromatic heterocycles. The first-order valence-electron chi connectivity index (χ1n) is 4.10. The largest absolute Gasteiger partial charge is 0.344 e. The third-order valence-corrected chi connectivity index (χ3v) is 3.37. The fourth-order valence-electron chi connectivity index (χ4n) is 1.13. The Labute approximate surface area is 78.4 Å². The van der Waals surface area contributed by atoms with Gasteiger partial charge in [0.05, 0.1) is 0 Å². The molecule has 0 saturated carbocycles. The molecular weight excluding hydrogens is 183 g/mol. The Balaban J connectivity index is 2.69. The van der Waals surface area contributed by atoms with Gasteiger partial charge >= 0.3 is 0 Å². The molecule has 0 radical (unpaired) electrons. The SMILES string of the molecule is C=CCP(=O)(O)Cc1ccccc1. The quantitative estimate of drug-likeness (QED) is 0.593. The van der Waals surface area contributed by atoms with Gasteiger partial charge in [0.15, 0.2) is 0 Å². The van der Waals surface area contributed by atoms with Crippen LogP contribution in [0.25, 0.3) is 0 Å². The Morgan fingerprint density at radius 3 is 2.54 bits per heavy atom. The van der Waals surface area contributed by atoms with Crippen molar-refractivity contribution in [1.29, 1.82) is 0 Å². The van der Waals surface area contributed by atoms with Crippen LogP contribution in [0.5, 0.6) is 0 Å². The van der Waals surface area contributed by atoms with Crippen LogP contribution < -0.4 is 0 Å². The van der Waals surface area contributed by atoms with Crippen LogP contribution in [0.15, 0.2) is 43.0 Å². The average molecular weight is 196 g/mol. The average Bonchev–Trinajstić information content (AvgIpc) is 2.04. The van der Waals surface area contributed by atoms with Gasteiger partial charge in [0.25, 0.3) is 0 Å². The number of hydrogen-bond donors (Lipinski definition) is 1. The standard InChI is InChI=1S/C10H13O2P/c1-2-8-13(11,12)9-10-6-4-3-5-7-10/h2-7H,1,8-9H2,(H,11,12). The topological polar surface area (TPSA) is 37.3 Å². The molecule has 0 aliphatic rings. The first-order valence-corrected chi connectivity index (χ1v) is 6.13. The molecule has 1 unspecified atom stereocenters. The second-order valence-electron chi connectivity index (χ2n) is 2.96. The molecule has 0 fully saturated rings. The van der Waals surface area contributed by atoms with Crippen LogP contribution in [-0.4, -0.2) is 11.1 Å². The zero-order valence-electron chi connectivity index (χ0n) is 7.39. The summed E-state index contributed by atoms with van der Waals surface area (Å²) in [5.74, 6) is 0. The van der Waals surface area contributed by atoms with Gasteiger partial charge in [0.2, 0.25) is 7.37 Å². The van der Waals surface area contributed by atoms with Gasteiger partial charge in [-0.1, -0.05) is 36.4 Å². The minimum Gasteiger partial charge on any atom is -0.344 e. The summed E-state index contributed by atoms with van der Waals surface area (Å²) < 4.78 is 11.5. The number of rotatable bonds is 4. The molecule has 0 spiro atoms. The molecule has 0 amide bonds. The highest BCUT2D eigenvalue weighted by Gasteiger charge is 2.15. The maximum absolute atomic E-state index is 11.5. The van der Waals surface area contributed by atoms with E-state index in [1.807, 2.05) is 30.3 Å². The van der Waals surface area contributed by atoms with Crippen LogP contribution in [0, 0.1) is 0 Å². The molecule has 0 aliphatic carbocycles. The molecule has 1 atom stereocenters. The number of hydrogen-bond acceptors (Lipinski definition) is 1. The number of allylic oxidation sites excluding steroid dienone is 1. The monoisotopic (exact) mass is 196 g/mol. The lowest BCUT2D eigenvalue weighted by Crippen LogP contribution is -1.90. The highest BCUT2D eigenvalue weighted by Crippen LogP contribution is 2.43. The van der Waals surface area contributed by atoms with Crippen molar-refractivity contribution in [3.05, 3.63) is 48.6 Å². The number of benzene rings is 1. The molecule has 70 valence electrons. The first kappa shape index (κ1) is 10.2. The van der Waals surface area contributed by atoms with Crippen LogP contribution in [0.3, 0.4) is 0 Å². The Hall–Kier alpha value is -0.850. The van der Waals surface area contributed by atoms with E-state index in [0.717, 1.165) is 5.56 Å². The third kappa shape index (κ3) is 3.58. The Morgan fingerprint density at radius 1 is 1.38 bits per heavy atom. The predicted octanol–water partition coefficient (Wildman–Crippen LogP) is 2.64. The van der Waals surface area contributed by atoms with Crippen LogP contribution in [0.2, 0.25) is 0 Å². The summed E-state index contributed by atoms with van der Waals surface area (Å²) in [6.07, 6.45) is 1.91. The summed E-state index contributed by atoms with van der Waals surface area (Å²) in [7, 11) is -3.03. The third-order valence-electron chi connectivity index (χ3n) is 1.69. The lowest BCUT2D eigenvalue weighted by Gasteiger charge is -2.08. The first-order chi connectivity index (χ1) is 6.14. The Kier molecular flexibility index (Phi) is 3.47. The highest BCUT2D eigenvalue weighted by molar-refractivity contribution is 7.57. The Morgan fingerprint density at radius 2 is 2.00 bits per heavy atom. The van der Waals surface area contributed by atoms with Gasteiger partial charge in [-0.25, -0.2) is 0 Å². The van der Waals surface area contributed by atoms with E-state index in [-0.39, 0.29) is 12.3 Å². The second-order valence-corrected chi connectivity index (χ2v) is 5.34. The molecule has 1 rings (SSSR count). The van der Waals surface area contributed by atoms with Gasteiger partial charge in [0.1, 0.15) is 0 Å². The van der Waals surface area contributed by atoms with Crippen LogP contribution in [-0.2, 0) is 10.7 Å². The van der Waals surface area contributed by atoms with Crippen LogP contribution in [0.4, 0.5) is 0 Å². The van der Waals surface area contributed by atoms with Gasteiger partial charge in [0, 0.05) is 12.3 Å². The minimum atomic E-state index is -3.03. The summed E-state index contributed by atoms with van der Waals surface area (Å²) in [5, 5.41) is 0. The Bertz CT molecular complexity index is 319. The summed E-state index contributed by atoms with van der Waals surface area (Å²) in [6, 6.07) is 9.32. The molecule has 2 nitrogen and oxygen atoms in total. The highest BCUT2D eigenvalue weighted by atomic mass is 31.2. The van der Waals surface area contributed by atoms with Gasteiger partial charge in [-0.15, -0.1) is 6.58 Å². The lowest BCUT2D eigenvalue weighted by atomic mass is 10.2. The molecule has 0 bridgehead atoms. The maximum Gasteiger partial charge on any atom is 0.208 e. The minimum absolute atomic E-state index is 0.182. The lowest BCUT2D eigenvalue weighted by molar-refractivity contribution is 0.480. The zero-order valence-corrected chi connectivity index (χ0v) is 8.28. The molecular formula is C10H13O2P. The maximum atomic E-state index is 11.5. The van der Waals surface area contributed by atoms with E-state index in [0.29, 0.717) is 0 Å². The molecule has 1 aromatic carbocycles. The van der Waals surface area contributed by atoms with E-state index in [2.05, 4.69) is 6.58 Å². The summed E-state index contributed by atoms with van der Waals surface area (Å²) in [4.78, 5) is 9.45. The van der Waals surface area contributed by atoms with Crippen molar-refractivity contribution in [3.8, 4) is 0 Å². The van der Waals surface area contributed by atoms with E-state index in [1.165, 1.54) is 6.08 Å². The molecule has 0 heterocycles. The fraction of sp³-hybridized carbons (Fsp3) is 0.200. The molecule has 3 heteroatoms. The van der Waals surface area contributed by atoms with Crippen molar-refractivity contribution in [2.45, 2.75) is 6.16 Å². The predicted molar refractivity (Wildman–Crippen MR) is 55.0 cm³/mol. The van der Waals surface area contributed by atoms with Crippen molar-refractivity contribution < 1.29 is 9.46 Å². The van der Waals surface area contributed by atoms with Gasteiger partial charge in [-0.2, -0.15) is 0 Å². The molecule has 1 N–H and O–H groups in total. The van der Waals surface area contributed by atoms with E-state index < -0.39 is 7.37 Å². The van der Waals surface area contributed by atoms with Crippen LogP contribution >= 0.6 is 7.37 Å².